The third-order valence-electron chi connectivity index (χ3n) is 3.74. The van der Waals surface area contributed by atoms with Crippen molar-refractivity contribution in [3.8, 4) is 17.4 Å². The van der Waals surface area contributed by atoms with Crippen LogP contribution in [-0.4, -0.2) is 40.6 Å². The summed E-state index contributed by atoms with van der Waals surface area (Å²) in [7, 11) is 0. The zero-order valence-electron chi connectivity index (χ0n) is 15.5. The number of carbonyl (C=O) groups excluding carboxylic acids is 1. The van der Waals surface area contributed by atoms with E-state index >= 15 is 0 Å². The molecule has 2 amide bonds. The molecule has 1 aromatic carbocycles. The highest BCUT2D eigenvalue weighted by Crippen LogP contribution is 2.30. The fraction of sp³-hybridized carbons (Fsp3) is 0.263. The van der Waals surface area contributed by atoms with Gasteiger partial charge in [-0.15, -0.1) is 0 Å². The predicted molar refractivity (Wildman–Crippen MR) is 102 cm³/mol. The molecule has 1 N–H and O–H groups in total. The van der Waals surface area contributed by atoms with Crippen molar-refractivity contribution in [1.29, 1.82) is 0 Å². The molecular weight excluding hydrogens is 346 g/mol. The van der Waals surface area contributed by atoms with Gasteiger partial charge in [0.25, 0.3) is 0 Å². The zero-order valence-corrected chi connectivity index (χ0v) is 15.5. The van der Waals surface area contributed by atoms with Crippen LogP contribution in [0.25, 0.3) is 0 Å². The van der Waals surface area contributed by atoms with E-state index in [9.17, 15) is 4.79 Å². The molecule has 1 aliphatic rings. The van der Waals surface area contributed by atoms with Gasteiger partial charge < -0.3 is 9.47 Å². The Kier molecular flexibility index (Phi) is 5.65. The van der Waals surface area contributed by atoms with Crippen molar-refractivity contribution in [2.24, 2.45) is 10.2 Å². The second kappa shape index (κ2) is 8.31. The van der Waals surface area contributed by atoms with E-state index in [2.05, 4.69) is 20.6 Å². The van der Waals surface area contributed by atoms with Gasteiger partial charge >= 0.3 is 6.03 Å². The number of hydrazone groups is 2. The lowest BCUT2D eigenvalue weighted by Gasteiger charge is -2.21. The van der Waals surface area contributed by atoms with Crippen LogP contribution in [0.4, 0.5) is 4.79 Å². The second-order valence-electron chi connectivity index (χ2n) is 5.87. The Morgan fingerprint density at radius 2 is 2.04 bits per heavy atom. The number of urea groups is 1. The van der Waals surface area contributed by atoms with Gasteiger partial charge in [0.2, 0.25) is 5.88 Å². The van der Waals surface area contributed by atoms with Gasteiger partial charge in [0.1, 0.15) is 0 Å². The zero-order chi connectivity index (χ0) is 19.2. The largest absolute Gasteiger partial charge is 0.490 e. The molecule has 3 rings (SSSR count). The number of aromatic nitrogens is 1. The van der Waals surface area contributed by atoms with Gasteiger partial charge in [-0.1, -0.05) is 12.1 Å². The molecule has 8 heteroatoms. The summed E-state index contributed by atoms with van der Waals surface area (Å²) in [5, 5.41) is 9.56. The van der Waals surface area contributed by atoms with Crippen LogP contribution in [0.3, 0.4) is 0 Å². The monoisotopic (exact) mass is 367 g/mol. The quantitative estimate of drug-likeness (QED) is 0.793. The normalized spacial score (nSPS) is 14.5. The fourth-order valence-corrected chi connectivity index (χ4v) is 2.42. The Hall–Kier alpha value is -3.42. The summed E-state index contributed by atoms with van der Waals surface area (Å²) >= 11 is 0. The van der Waals surface area contributed by atoms with E-state index in [0.29, 0.717) is 36.2 Å². The molecule has 0 radical (unpaired) electrons. The first-order chi connectivity index (χ1) is 13.1. The molecule has 0 aliphatic carbocycles. The molecule has 0 spiro atoms. The van der Waals surface area contributed by atoms with Gasteiger partial charge in [0.05, 0.1) is 24.6 Å². The minimum Gasteiger partial charge on any atom is -0.490 e. The summed E-state index contributed by atoms with van der Waals surface area (Å²) in [5.74, 6) is 1.71. The van der Waals surface area contributed by atoms with Crippen molar-refractivity contribution in [3.05, 3.63) is 48.2 Å². The number of benzene rings is 1. The maximum absolute atomic E-state index is 11.8. The van der Waals surface area contributed by atoms with Gasteiger partial charge in [0, 0.05) is 17.8 Å². The van der Waals surface area contributed by atoms with Crippen molar-refractivity contribution in [2.75, 3.05) is 13.2 Å². The average Bonchev–Trinajstić information content (AvgIpc) is 2.67. The number of nitrogens with zero attached hydrogens (tertiary/aromatic N) is 4. The number of nitrogens with one attached hydrogen (secondary N) is 1. The minimum atomic E-state index is -0.361. The van der Waals surface area contributed by atoms with Crippen LogP contribution in [0.15, 0.2) is 52.8 Å². The number of pyridine rings is 1. The van der Waals surface area contributed by atoms with Crippen LogP contribution >= 0.6 is 0 Å². The van der Waals surface area contributed by atoms with Gasteiger partial charge in [0.15, 0.2) is 11.5 Å². The van der Waals surface area contributed by atoms with E-state index in [4.69, 9.17) is 9.47 Å². The fourth-order valence-electron chi connectivity index (χ4n) is 2.42. The molecule has 27 heavy (non-hydrogen) atoms. The van der Waals surface area contributed by atoms with E-state index < -0.39 is 0 Å². The number of amides is 2. The van der Waals surface area contributed by atoms with E-state index in [1.807, 2.05) is 51.1 Å². The lowest BCUT2D eigenvalue weighted by molar-refractivity contribution is 0.204. The lowest BCUT2D eigenvalue weighted by Crippen LogP contribution is -2.42. The van der Waals surface area contributed by atoms with Crippen LogP contribution in [-0.2, 0) is 0 Å². The summed E-state index contributed by atoms with van der Waals surface area (Å²) < 4.78 is 11.4. The van der Waals surface area contributed by atoms with Crippen molar-refractivity contribution in [1.82, 2.24) is 15.4 Å². The maximum Gasteiger partial charge on any atom is 0.358 e. The van der Waals surface area contributed by atoms with Crippen LogP contribution < -0.4 is 14.9 Å². The summed E-state index contributed by atoms with van der Waals surface area (Å²) in [4.78, 5) is 16.1. The topological polar surface area (TPSA) is 88.4 Å². The Morgan fingerprint density at radius 3 is 2.74 bits per heavy atom. The summed E-state index contributed by atoms with van der Waals surface area (Å²) in [6, 6.07) is 10.7. The maximum atomic E-state index is 11.8. The molecule has 0 atom stereocenters. The van der Waals surface area contributed by atoms with Crippen LogP contribution in [0.5, 0.6) is 17.4 Å². The smallest absolute Gasteiger partial charge is 0.358 e. The van der Waals surface area contributed by atoms with Crippen LogP contribution in [0.1, 0.15) is 26.3 Å². The summed E-state index contributed by atoms with van der Waals surface area (Å²) in [6.07, 6.45) is 1.65. The van der Waals surface area contributed by atoms with Gasteiger partial charge in [-0.3, -0.25) is 0 Å². The molecular formula is C19H21N5O3. The first-order valence-corrected chi connectivity index (χ1v) is 8.59. The minimum absolute atomic E-state index is 0.353. The van der Waals surface area contributed by atoms with Gasteiger partial charge in [-0.2, -0.15) is 10.2 Å². The third-order valence-corrected chi connectivity index (χ3v) is 3.74. The molecule has 0 unspecified atom stereocenters. The molecule has 1 aromatic heterocycles. The van der Waals surface area contributed by atoms with Gasteiger partial charge in [-0.05, 0) is 39.0 Å². The van der Waals surface area contributed by atoms with Crippen molar-refractivity contribution in [2.45, 2.75) is 20.8 Å². The number of ether oxygens (including phenoxy) is 2. The van der Waals surface area contributed by atoms with E-state index in [0.717, 1.165) is 11.3 Å². The second-order valence-corrected chi connectivity index (χ2v) is 5.87. The number of hydrogen-bond acceptors (Lipinski definition) is 6. The van der Waals surface area contributed by atoms with E-state index in [1.165, 1.54) is 5.01 Å². The van der Waals surface area contributed by atoms with E-state index in [1.54, 1.807) is 12.3 Å². The highest BCUT2D eigenvalue weighted by molar-refractivity contribution is 5.99. The van der Waals surface area contributed by atoms with Gasteiger partial charge in [-0.25, -0.2) is 20.2 Å². The first kappa shape index (κ1) is 18.4. The molecule has 0 bridgehead atoms. The van der Waals surface area contributed by atoms with E-state index in [-0.39, 0.29) is 6.03 Å². The SMILES string of the molecule is CCOc1ccccc1Oc1ccc(/C(C)=N\N2CC(C)=NNC2=O)cn1. The predicted octanol–water partition coefficient (Wildman–Crippen LogP) is 3.40. The average molecular weight is 367 g/mol. The Balaban J connectivity index is 1.73. The Bertz CT molecular complexity index is 877. The molecule has 0 fully saturated rings. The molecule has 0 saturated heterocycles. The standard InChI is InChI=1S/C19H21N5O3/c1-4-26-16-7-5-6-8-17(16)27-18-10-9-15(11-20-18)14(3)23-24-12-13(2)21-22-19(24)25/h5-11H,4,12H2,1-3H3,(H,22,25)/b23-14-. The van der Waals surface area contributed by atoms with Crippen molar-refractivity contribution >= 4 is 17.5 Å². The lowest BCUT2D eigenvalue weighted by atomic mass is 10.2. The number of para-hydroxylation sites is 2. The highest BCUT2D eigenvalue weighted by atomic mass is 16.5. The third kappa shape index (κ3) is 4.60. The van der Waals surface area contributed by atoms with Crippen molar-refractivity contribution < 1.29 is 14.3 Å². The van der Waals surface area contributed by atoms with Crippen LogP contribution in [0.2, 0.25) is 0 Å². The Morgan fingerprint density at radius 1 is 1.26 bits per heavy atom. The number of rotatable bonds is 6. The molecule has 1 aliphatic heterocycles. The number of carbonyl (C=O) groups is 1. The molecule has 2 heterocycles. The summed E-state index contributed by atoms with van der Waals surface area (Å²) in [6.45, 7) is 6.46. The molecule has 8 nitrogen and oxygen atoms in total. The molecule has 2 aromatic rings. The van der Waals surface area contributed by atoms with Crippen molar-refractivity contribution in [3.63, 3.8) is 0 Å². The number of hydrogen-bond donors (Lipinski definition) is 1. The Labute approximate surface area is 157 Å². The first-order valence-electron chi connectivity index (χ1n) is 8.59. The molecule has 140 valence electrons. The van der Waals surface area contributed by atoms with Crippen LogP contribution in [0, 0.1) is 0 Å². The molecule has 0 saturated carbocycles. The summed E-state index contributed by atoms with van der Waals surface area (Å²) in [5.41, 5.74) is 4.64. The highest BCUT2D eigenvalue weighted by Gasteiger charge is 2.18.